The number of thiazole rings is 1. The molecule has 1 fully saturated rings. The number of nitrogens with zero attached hydrogens (tertiary/aromatic N) is 2. The van der Waals surface area contributed by atoms with E-state index >= 15 is 0 Å². The molecular weight excluding hydrogens is 457 g/mol. The van der Waals surface area contributed by atoms with Crippen LogP contribution in [0.15, 0.2) is 52.2 Å². The van der Waals surface area contributed by atoms with E-state index in [1.54, 1.807) is 11.0 Å². The predicted octanol–water partition coefficient (Wildman–Crippen LogP) is 1.93. The van der Waals surface area contributed by atoms with Gasteiger partial charge in [-0.3, -0.25) is 14.2 Å². The Bertz CT molecular complexity index is 1280. The van der Waals surface area contributed by atoms with Gasteiger partial charge in [0.15, 0.2) is 0 Å². The fourth-order valence-electron chi connectivity index (χ4n) is 3.47. The number of hydrogen-bond acceptors (Lipinski definition) is 6. The van der Waals surface area contributed by atoms with Crippen LogP contribution < -0.4 is 9.60 Å². The monoisotopic (exact) mass is 479 g/mol. The van der Waals surface area contributed by atoms with Crippen LogP contribution in [-0.4, -0.2) is 50.1 Å². The highest BCUT2D eigenvalue weighted by atomic mass is 32.2. The van der Waals surface area contributed by atoms with E-state index < -0.39 is 15.8 Å². The van der Waals surface area contributed by atoms with Gasteiger partial charge in [-0.15, -0.1) is 0 Å². The molecule has 1 N–H and O–H groups in total. The number of nitrogens with one attached hydrogen (secondary N) is 1. The smallest absolute Gasteiger partial charge is 0.308 e. The highest BCUT2D eigenvalue weighted by molar-refractivity contribution is 7.89. The van der Waals surface area contributed by atoms with Crippen LogP contribution in [0, 0.1) is 5.82 Å². The van der Waals surface area contributed by atoms with Crippen molar-refractivity contribution >= 4 is 37.5 Å². The highest BCUT2D eigenvalue weighted by Gasteiger charge is 2.19. The molecule has 0 spiro atoms. The first kappa shape index (κ1) is 22.6. The number of fused-ring (bicyclic) bond motifs is 1. The van der Waals surface area contributed by atoms with Crippen LogP contribution in [0.2, 0.25) is 0 Å². The van der Waals surface area contributed by atoms with Crippen molar-refractivity contribution in [1.82, 2.24) is 14.2 Å². The Hall–Kier alpha value is -2.60. The van der Waals surface area contributed by atoms with Gasteiger partial charge in [0, 0.05) is 32.6 Å². The van der Waals surface area contributed by atoms with Crippen molar-refractivity contribution in [2.45, 2.75) is 24.4 Å². The zero-order valence-electron chi connectivity index (χ0n) is 17.1. The summed E-state index contributed by atoms with van der Waals surface area (Å²) in [4.78, 5) is 26.4. The van der Waals surface area contributed by atoms with Gasteiger partial charge in [0.1, 0.15) is 5.82 Å². The largest absolute Gasteiger partial charge is 0.378 e. The Labute approximate surface area is 188 Å². The van der Waals surface area contributed by atoms with Gasteiger partial charge < -0.3 is 9.64 Å². The fourth-order valence-corrected chi connectivity index (χ4v) is 5.54. The SMILES string of the molecule is O=C(CCn1c(=O)sc2cc(S(=O)(=O)NCc3ccc(F)cc3)ccc21)N1CCOCC1. The zero-order chi connectivity index (χ0) is 22.7. The molecule has 8 nitrogen and oxygen atoms in total. The van der Waals surface area contributed by atoms with Gasteiger partial charge in [-0.25, -0.2) is 17.5 Å². The van der Waals surface area contributed by atoms with E-state index in [-0.39, 0.29) is 35.2 Å². The second-order valence-electron chi connectivity index (χ2n) is 7.34. The fraction of sp³-hybridized carbons (Fsp3) is 0.333. The van der Waals surface area contributed by atoms with Crippen LogP contribution in [0.4, 0.5) is 4.39 Å². The highest BCUT2D eigenvalue weighted by Crippen LogP contribution is 2.22. The summed E-state index contributed by atoms with van der Waals surface area (Å²) in [5.74, 6) is -0.433. The molecule has 2 aromatic carbocycles. The van der Waals surface area contributed by atoms with E-state index in [0.717, 1.165) is 11.3 Å². The third-order valence-corrected chi connectivity index (χ3v) is 7.58. The lowest BCUT2D eigenvalue weighted by atomic mass is 10.2. The molecule has 0 unspecified atom stereocenters. The number of amides is 1. The van der Waals surface area contributed by atoms with Crippen molar-refractivity contribution in [2.24, 2.45) is 0 Å². The summed E-state index contributed by atoms with van der Waals surface area (Å²) in [7, 11) is -3.82. The van der Waals surface area contributed by atoms with Crippen molar-refractivity contribution in [1.29, 1.82) is 0 Å². The molecule has 2 heterocycles. The van der Waals surface area contributed by atoms with E-state index in [4.69, 9.17) is 4.74 Å². The molecule has 170 valence electrons. The number of benzene rings is 2. The molecule has 1 saturated heterocycles. The van der Waals surface area contributed by atoms with Crippen LogP contribution in [-0.2, 0) is 32.6 Å². The maximum absolute atomic E-state index is 13.0. The third kappa shape index (κ3) is 5.07. The molecule has 32 heavy (non-hydrogen) atoms. The van der Waals surface area contributed by atoms with Gasteiger partial charge in [0.25, 0.3) is 0 Å². The first-order chi connectivity index (χ1) is 15.3. The molecule has 1 aromatic heterocycles. The van der Waals surface area contributed by atoms with Gasteiger partial charge >= 0.3 is 4.87 Å². The van der Waals surface area contributed by atoms with Gasteiger partial charge in [0.05, 0.1) is 28.3 Å². The summed E-state index contributed by atoms with van der Waals surface area (Å²) < 4.78 is 48.1. The Morgan fingerprint density at radius 2 is 1.84 bits per heavy atom. The number of ether oxygens (including phenoxy) is 1. The molecule has 0 radical (unpaired) electrons. The van der Waals surface area contributed by atoms with Crippen molar-refractivity contribution < 1.29 is 22.3 Å². The van der Waals surface area contributed by atoms with Crippen LogP contribution in [0.25, 0.3) is 10.2 Å². The van der Waals surface area contributed by atoms with Gasteiger partial charge in [0.2, 0.25) is 15.9 Å². The Morgan fingerprint density at radius 3 is 2.56 bits per heavy atom. The van der Waals surface area contributed by atoms with Gasteiger partial charge in [-0.05, 0) is 35.9 Å². The number of rotatable bonds is 7. The molecule has 3 aromatic rings. The Kier molecular flexibility index (Phi) is 6.70. The minimum absolute atomic E-state index is 0.0154. The van der Waals surface area contributed by atoms with Crippen molar-refractivity contribution in [3.63, 3.8) is 0 Å². The van der Waals surface area contributed by atoms with Gasteiger partial charge in [-0.1, -0.05) is 23.5 Å². The Morgan fingerprint density at radius 1 is 1.12 bits per heavy atom. The van der Waals surface area contributed by atoms with E-state index in [9.17, 15) is 22.4 Å². The summed E-state index contributed by atoms with van der Waals surface area (Å²) in [6.45, 7) is 2.36. The third-order valence-electron chi connectivity index (χ3n) is 5.24. The average Bonchev–Trinajstić information content (AvgIpc) is 3.11. The van der Waals surface area contributed by atoms with Crippen LogP contribution >= 0.6 is 11.3 Å². The van der Waals surface area contributed by atoms with Crippen LogP contribution in [0.3, 0.4) is 0 Å². The number of sulfonamides is 1. The van der Waals surface area contributed by atoms with Crippen molar-refractivity contribution in [3.05, 3.63) is 63.5 Å². The van der Waals surface area contributed by atoms with Crippen molar-refractivity contribution in [2.75, 3.05) is 26.3 Å². The van der Waals surface area contributed by atoms with Crippen molar-refractivity contribution in [3.8, 4) is 0 Å². The maximum Gasteiger partial charge on any atom is 0.308 e. The lowest BCUT2D eigenvalue weighted by Crippen LogP contribution is -2.41. The minimum Gasteiger partial charge on any atom is -0.378 e. The zero-order valence-corrected chi connectivity index (χ0v) is 18.8. The summed E-state index contributed by atoms with van der Waals surface area (Å²) in [6, 6.07) is 10.0. The summed E-state index contributed by atoms with van der Waals surface area (Å²) in [5.41, 5.74) is 1.21. The lowest BCUT2D eigenvalue weighted by molar-refractivity contribution is -0.135. The maximum atomic E-state index is 13.0. The second-order valence-corrected chi connectivity index (χ2v) is 10.1. The number of aryl methyl sites for hydroxylation is 1. The summed E-state index contributed by atoms with van der Waals surface area (Å²) in [6.07, 6.45) is 0.186. The molecule has 0 bridgehead atoms. The summed E-state index contributed by atoms with van der Waals surface area (Å²) in [5, 5.41) is 0. The Balaban J connectivity index is 1.47. The number of halogens is 1. The molecular formula is C21H22FN3O5S2. The number of carbonyl (C=O) groups excluding carboxylic acids is 1. The summed E-state index contributed by atoms with van der Waals surface area (Å²) >= 11 is 0.941. The van der Waals surface area contributed by atoms with E-state index in [0.29, 0.717) is 42.1 Å². The molecule has 1 aliphatic rings. The molecule has 11 heteroatoms. The van der Waals surface area contributed by atoms with E-state index in [1.807, 2.05) is 0 Å². The number of hydrogen-bond donors (Lipinski definition) is 1. The minimum atomic E-state index is -3.82. The molecule has 4 rings (SSSR count). The second kappa shape index (κ2) is 9.49. The molecule has 0 atom stereocenters. The van der Waals surface area contributed by atoms with E-state index in [2.05, 4.69) is 4.72 Å². The first-order valence-electron chi connectivity index (χ1n) is 10.1. The molecule has 1 amide bonds. The number of morpholine rings is 1. The van der Waals surface area contributed by atoms with Crippen LogP contribution in [0.5, 0.6) is 0 Å². The molecule has 1 aliphatic heterocycles. The normalized spacial score (nSPS) is 14.7. The predicted molar refractivity (Wildman–Crippen MR) is 119 cm³/mol. The van der Waals surface area contributed by atoms with E-state index in [1.165, 1.54) is 41.0 Å². The number of carbonyl (C=O) groups is 1. The lowest BCUT2D eigenvalue weighted by Gasteiger charge is -2.26. The quantitative estimate of drug-likeness (QED) is 0.559. The van der Waals surface area contributed by atoms with Gasteiger partial charge in [-0.2, -0.15) is 0 Å². The molecule has 0 saturated carbocycles. The standard InChI is InChI=1S/C21H22FN3O5S2/c22-16-3-1-15(2-4-16)14-23-32(28,29)17-5-6-18-19(13-17)31-21(27)25(18)8-7-20(26)24-9-11-30-12-10-24/h1-6,13,23H,7-12,14H2. The first-order valence-corrected chi connectivity index (χ1v) is 12.4. The molecule has 0 aliphatic carbocycles. The number of aromatic nitrogens is 1. The van der Waals surface area contributed by atoms with Crippen LogP contribution in [0.1, 0.15) is 12.0 Å². The topological polar surface area (TPSA) is 97.7 Å². The average molecular weight is 480 g/mol.